The van der Waals surface area contributed by atoms with Crippen LogP contribution in [0.25, 0.3) is 0 Å². The Morgan fingerprint density at radius 3 is 3.00 bits per heavy atom. The minimum absolute atomic E-state index is 0.389. The number of benzene rings is 1. The van der Waals surface area contributed by atoms with Crippen LogP contribution in [0.2, 0.25) is 0 Å². The molecule has 1 aromatic heterocycles. The summed E-state index contributed by atoms with van der Waals surface area (Å²) >= 11 is 8.18. The van der Waals surface area contributed by atoms with E-state index in [1.54, 1.807) is 6.21 Å². The summed E-state index contributed by atoms with van der Waals surface area (Å²) in [6, 6.07) is 7.80. The second-order valence-corrected chi connectivity index (χ2v) is 4.24. The fourth-order valence-corrected chi connectivity index (χ4v) is 1.64. The molecule has 1 heterocycles. The van der Waals surface area contributed by atoms with Gasteiger partial charge in [0.1, 0.15) is 0 Å². The van der Waals surface area contributed by atoms with Crippen molar-refractivity contribution < 1.29 is 0 Å². The molecular formula is C9H8BrN5S. The van der Waals surface area contributed by atoms with Crippen LogP contribution in [0.15, 0.2) is 33.8 Å². The molecular weight excluding hydrogens is 290 g/mol. The highest BCUT2D eigenvalue weighted by atomic mass is 79.9. The number of anilines is 1. The van der Waals surface area contributed by atoms with Crippen molar-refractivity contribution in [2.75, 3.05) is 5.43 Å². The maximum atomic E-state index is 4.80. The number of rotatable bonds is 3. The van der Waals surface area contributed by atoms with Gasteiger partial charge in [-0.3, -0.25) is 10.2 Å². The van der Waals surface area contributed by atoms with Gasteiger partial charge in [0, 0.05) is 4.47 Å². The summed E-state index contributed by atoms with van der Waals surface area (Å²) in [6.07, 6.45) is 1.69. The van der Waals surface area contributed by atoms with Gasteiger partial charge in [-0.15, -0.1) is 0 Å². The maximum absolute atomic E-state index is 4.80. The number of halogens is 1. The van der Waals surface area contributed by atoms with Gasteiger partial charge in [0.2, 0.25) is 10.7 Å². The molecule has 16 heavy (non-hydrogen) atoms. The molecule has 0 bridgehead atoms. The van der Waals surface area contributed by atoms with Gasteiger partial charge in [0.05, 0.1) is 6.21 Å². The number of hydrogen-bond donors (Lipinski definition) is 3. The lowest BCUT2D eigenvalue weighted by Crippen LogP contribution is -1.92. The third-order valence-corrected chi connectivity index (χ3v) is 2.42. The smallest absolute Gasteiger partial charge is 0.238 e. The molecule has 0 aliphatic heterocycles. The maximum Gasteiger partial charge on any atom is 0.238 e. The number of hydrazone groups is 1. The lowest BCUT2D eigenvalue weighted by molar-refractivity contribution is 1.07. The number of aromatic nitrogens is 3. The van der Waals surface area contributed by atoms with E-state index in [9.17, 15) is 0 Å². The Bertz CT molecular complexity index is 559. The molecule has 7 heteroatoms. The van der Waals surface area contributed by atoms with E-state index in [1.165, 1.54) is 0 Å². The van der Waals surface area contributed by atoms with Crippen LogP contribution in [-0.4, -0.2) is 21.4 Å². The van der Waals surface area contributed by atoms with Gasteiger partial charge in [-0.2, -0.15) is 10.1 Å². The molecule has 0 radical (unpaired) electrons. The molecule has 3 N–H and O–H groups in total. The molecule has 0 unspecified atom stereocenters. The van der Waals surface area contributed by atoms with Crippen molar-refractivity contribution in [1.29, 1.82) is 0 Å². The normalized spacial score (nSPS) is 10.8. The molecule has 1 aromatic carbocycles. The summed E-state index contributed by atoms with van der Waals surface area (Å²) in [5.41, 5.74) is 3.71. The molecule has 0 atom stereocenters. The van der Waals surface area contributed by atoms with Crippen LogP contribution < -0.4 is 5.43 Å². The molecule has 0 saturated heterocycles. The second-order valence-electron chi connectivity index (χ2n) is 2.94. The van der Waals surface area contributed by atoms with Gasteiger partial charge in [-0.25, -0.2) is 5.43 Å². The fourth-order valence-electron chi connectivity index (χ4n) is 1.08. The summed E-state index contributed by atoms with van der Waals surface area (Å²) < 4.78 is 1.40. The number of hydrogen-bond acceptors (Lipinski definition) is 4. The molecule has 0 fully saturated rings. The minimum atomic E-state index is 0.389. The van der Waals surface area contributed by atoms with Crippen molar-refractivity contribution in [3.05, 3.63) is 39.1 Å². The average Bonchev–Trinajstić information content (AvgIpc) is 2.64. The highest BCUT2D eigenvalue weighted by molar-refractivity contribution is 9.10. The average molecular weight is 298 g/mol. The molecule has 0 spiro atoms. The van der Waals surface area contributed by atoms with Crippen molar-refractivity contribution in [3.63, 3.8) is 0 Å². The Hall–Kier alpha value is -1.47. The zero-order valence-corrected chi connectivity index (χ0v) is 10.5. The Morgan fingerprint density at radius 2 is 2.31 bits per heavy atom. The van der Waals surface area contributed by atoms with Crippen molar-refractivity contribution >= 4 is 40.3 Å². The van der Waals surface area contributed by atoms with Crippen molar-refractivity contribution in [3.8, 4) is 0 Å². The Kier molecular flexibility index (Phi) is 3.47. The highest BCUT2D eigenvalue weighted by Gasteiger charge is 1.92. The van der Waals surface area contributed by atoms with E-state index in [-0.39, 0.29) is 0 Å². The molecule has 0 aliphatic rings. The first-order valence-corrected chi connectivity index (χ1v) is 5.63. The fraction of sp³-hybridized carbons (Fsp3) is 0. The van der Waals surface area contributed by atoms with Crippen LogP contribution in [0.4, 0.5) is 5.95 Å². The molecule has 5 nitrogen and oxygen atoms in total. The number of H-pyrrole nitrogens is 2. The Morgan fingerprint density at radius 1 is 1.44 bits per heavy atom. The number of nitrogens with one attached hydrogen (secondary N) is 3. The van der Waals surface area contributed by atoms with Gasteiger partial charge < -0.3 is 0 Å². The standard InChI is InChI=1S/C9H8BrN5S/c10-7-3-1-2-6(4-7)5-11-13-8-12-9(16)15-14-8/h1-5H,(H3,12,13,14,15,16). The minimum Gasteiger partial charge on any atom is -0.272 e. The van der Waals surface area contributed by atoms with E-state index in [4.69, 9.17) is 12.2 Å². The van der Waals surface area contributed by atoms with Crippen LogP contribution in [0.5, 0.6) is 0 Å². The van der Waals surface area contributed by atoms with Crippen LogP contribution >= 0.6 is 28.1 Å². The SMILES string of the molecule is S=c1nc(NN=Cc2cccc(Br)c2)[nH][nH]1. The van der Waals surface area contributed by atoms with Crippen molar-refractivity contribution in [2.24, 2.45) is 5.10 Å². The number of nitrogens with zero attached hydrogens (tertiary/aromatic N) is 2. The predicted molar refractivity (Wildman–Crippen MR) is 69.1 cm³/mol. The molecule has 2 rings (SSSR count). The lowest BCUT2D eigenvalue weighted by atomic mass is 10.2. The van der Waals surface area contributed by atoms with E-state index in [2.05, 4.69) is 41.6 Å². The van der Waals surface area contributed by atoms with E-state index in [1.807, 2.05) is 24.3 Å². The van der Waals surface area contributed by atoms with E-state index >= 15 is 0 Å². The van der Waals surface area contributed by atoms with Crippen molar-refractivity contribution in [2.45, 2.75) is 0 Å². The van der Waals surface area contributed by atoms with Gasteiger partial charge in [0.25, 0.3) is 0 Å². The van der Waals surface area contributed by atoms with Crippen LogP contribution in [0.1, 0.15) is 5.56 Å². The third kappa shape index (κ3) is 3.01. The van der Waals surface area contributed by atoms with Crippen molar-refractivity contribution in [1.82, 2.24) is 15.2 Å². The predicted octanol–water partition coefficient (Wildman–Crippen LogP) is 2.68. The Balaban J connectivity index is 2.02. The third-order valence-electron chi connectivity index (χ3n) is 1.73. The lowest BCUT2D eigenvalue weighted by Gasteiger charge is -1.94. The van der Waals surface area contributed by atoms with Crippen LogP contribution in [-0.2, 0) is 0 Å². The first-order valence-electron chi connectivity index (χ1n) is 4.43. The van der Waals surface area contributed by atoms with E-state index in [0.717, 1.165) is 10.0 Å². The summed E-state index contributed by atoms with van der Waals surface area (Å²) in [4.78, 5) is 3.93. The van der Waals surface area contributed by atoms with Gasteiger partial charge in [-0.1, -0.05) is 28.1 Å². The monoisotopic (exact) mass is 297 g/mol. The van der Waals surface area contributed by atoms with Gasteiger partial charge in [0.15, 0.2) is 0 Å². The summed E-state index contributed by atoms with van der Waals surface area (Å²) in [6.45, 7) is 0. The zero-order chi connectivity index (χ0) is 11.4. The molecule has 2 aromatic rings. The first-order chi connectivity index (χ1) is 7.74. The summed E-state index contributed by atoms with van der Waals surface area (Å²) in [5.74, 6) is 0.483. The van der Waals surface area contributed by atoms with Gasteiger partial charge >= 0.3 is 0 Å². The van der Waals surface area contributed by atoms with E-state index in [0.29, 0.717) is 10.7 Å². The largest absolute Gasteiger partial charge is 0.272 e. The highest BCUT2D eigenvalue weighted by Crippen LogP contribution is 2.09. The quantitative estimate of drug-likeness (QED) is 0.463. The molecule has 82 valence electrons. The summed E-state index contributed by atoms with van der Waals surface area (Å²) in [5, 5.41) is 9.40. The van der Waals surface area contributed by atoms with Crippen LogP contribution in [0.3, 0.4) is 0 Å². The topological polar surface area (TPSA) is 68.9 Å². The van der Waals surface area contributed by atoms with Crippen LogP contribution in [0, 0.1) is 4.77 Å². The van der Waals surface area contributed by atoms with Gasteiger partial charge in [-0.05, 0) is 29.9 Å². The Labute approximate surface area is 105 Å². The second kappa shape index (κ2) is 5.04. The molecule has 0 aliphatic carbocycles. The summed E-state index contributed by atoms with van der Waals surface area (Å²) in [7, 11) is 0. The zero-order valence-electron chi connectivity index (χ0n) is 8.07. The first kappa shape index (κ1) is 11.0. The molecule has 0 saturated carbocycles. The van der Waals surface area contributed by atoms with E-state index < -0.39 is 0 Å². The number of aromatic amines is 2. The molecule has 0 amide bonds.